The molecule has 0 spiro atoms. The molecule has 2 atom stereocenters. The fraction of sp³-hybridized carbons (Fsp3) is 0.167. The number of β-lactam (4-membered cyclic amide) rings is 1. The smallest absolute Gasteiger partial charge is 0.356 e. The third-order valence-electron chi connectivity index (χ3n) is 6.53. The summed E-state index contributed by atoms with van der Waals surface area (Å²) in [5, 5.41) is 18.7. The van der Waals surface area contributed by atoms with Gasteiger partial charge in [0.1, 0.15) is 11.6 Å². The van der Waals surface area contributed by atoms with Crippen molar-refractivity contribution in [1.29, 1.82) is 0 Å². The number of phenols is 1. The second kappa shape index (κ2) is 11.9. The first-order chi connectivity index (χ1) is 18.6. The zero-order chi connectivity index (χ0) is 28.2. The molecule has 1 aliphatic rings. The van der Waals surface area contributed by atoms with Crippen molar-refractivity contribution in [1.82, 2.24) is 0 Å². The quantitative estimate of drug-likeness (QED) is 0.183. The lowest BCUT2D eigenvalue weighted by atomic mass is 9.92. The van der Waals surface area contributed by atoms with Gasteiger partial charge >= 0.3 is 7.60 Å². The van der Waals surface area contributed by atoms with E-state index in [1.165, 1.54) is 24.3 Å². The molecular formula is C30H29FNO6P. The van der Waals surface area contributed by atoms with E-state index in [1.54, 1.807) is 53.4 Å². The molecule has 2 unspecified atom stereocenters. The topological polar surface area (TPSA) is 118 Å². The van der Waals surface area contributed by atoms with Gasteiger partial charge in [0.05, 0.1) is 23.9 Å². The lowest BCUT2D eigenvalue weighted by Crippen LogP contribution is -2.46. The number of carbonyl (C=O) groups excluding carboxylic acids is 1. The van der Waals surface area contributed by atoms with Crippen molar-refractivity contribution < 1.29 is 33.7 Å². The summed E-state index contributed by atoms with van der Waals surface area (Å²) < 4.78 is 23.8. The summed E-state index contributed by atoms with van der Waals surface area (Å²) >= 11 is 0. The Morgan fingerprint density at radius 1 is 0.923 bits per heavy atom. The molecule has 4 aromatic carbocycles. The molecular weight excluding hydrogens is 520 g/mol. The number of rotatable bonds is 6. The van der Waals surface area contributed by atoms with Crippen LogP contribution in [0.1, 0.15) is 43.0 Å². The van der Waals surface area contributed by atoms with Gasteiger partial charge < -0.3 is 24.9 Å². The molecule has 0 saturated carbocycles. The largest absolute Gasteiger partial charge is 0.508 e. The molecule has 5 rings (SSSR count). The number of phenolic OH excluding ortho intramolecular Hbond substituents is 1. The van der Waals surface area contributed by atoms with Gasteiger partial charge in [0.25, 0.3) is 0 Å². The fourth-order valence-corrected chi connectivity index (χ4v) is 4.89. The Labute approximate surface area is 226 Å². The number of benzene rings is 4. The number of hydrogen-bond donors (Lipinski definition) is 4. The van der Waals surface area contributed by atoms with Crippen LogP contribution < -0.4 is 10.2 Å². The number of amides is 1. The van der Waals surface area contributed by atoms with Gasteiger partial charge in [-0.05, 0) is 77.2 Å². The van der Waals surface area contributed by atoms with E-state index in [4.69, 9.17) is 0 Å². The van der Waals surface area contributed by atoms with E-state index in [-0.39, 0.29) is 28.8 Å². The first-order valence-corrected chi connectivity index (χ1v) is 14.0. The number of carbonyl (C=O) groups is 1. The summed E-state index contributed by atoms with van der Waals surface area (Å²) in [6.45, 7) is 1.88. The predicted molar refractivity (Wildman–Crippen MR) is 148 cm³/mol. The summed E-state index contributed by atoms with van der Waals surface area (Å²) in [6, 6.07) is 26.2. The molecule has 1 saturated heterocycles. The van der Waals surface area contributed by atoms with Crippen molar-refractivity contribution in [3.05, 3.63) is 114 Å². The van der Waals surface area contributed by atoms with Crippen LogP contribution in [0.15, 0.2) is 97.1 Å². The van der Waals surface area contributed by atoms with Crippen molar-refractivity contribution in [3.63, 3.8) is 0 Å². The second-order valence-corrected chi connectivity index (χ2v) is 10.8. The molecule has 4 aromatic rings. The van der Waals surface area contributed by atoms with Crippen LogP contribution in [0.2, 0.25) is 0 Å². The van der Waals surface area contributed by atoms with Gasteiger partial charge in [-0.25, -0.2) is 4.39 Å². The van der Waals surface area contributed by atoms with Gasteiger partial charge in [-0.15, -0.1) is 0 Å². The minimum atomic E-state index is -4.31. The Hall–Kier alpha value is -3.81. The van der Waals surface area contributed by atoms with Crippen molar-refractivity contribution in [3.8, 4) is 16.9 Å². The molecule has 0 radical (unpaired) electrons. The summed E-state index contributed by atoms with van der Waals surface area (Å²) in [6.07, 6.45) is 0.610. The first-order valence-electron chi connectivity index (χ1n) is 12.4. The van der Waals surface area contributed by atoms with E-state index in [2.05, 4.69) is 0 Å². The van der Waals surface area contributed by atoms with Crippen molar-refractivity contribution in [2.75, 3.05) is 4.90 Å². The Kier molecular flexibility index (Phi) is 8.63. The molecule has 7 nitrogen and oxygen atoms in total. The van der Waals surface area contributed by atoms with E-state index >= 15 is 0 Å². The van der Waals surface area contributed by atoms with Gasteiger partial charge in [0.15, 0.2) is 0 Å². The Morgan fingerprint density at radius 3 is 2.13 bits per heavy atom. The first kappa shape index (κ1) is 28.2. The number of hydrogen-bond acceptors (Lipinski definition) is 4. The van der Waals surface area contributed by atoms with E-state index in [0.717, 1.165) is 22.4 Å². The van der Waals surface area contributed by atoms with E-state index in [9.17, 15) is 33.7 Å². The van der Waals surface area contributed by atoms with E-state index in [0.29, 0.717) is 18.4 Å². The van der Waals surface area contributed by atoms with Crippen LogP contribution in [-0.2, 0) is 9.36 Å². The second-order valence-electron chi connectivity index (χ2n) is 9.19. The van der Waals surface area contributed by atoms with Crippen LogP contribution in [0, 0.1) is 5.82 Å². The molecule has 0 bridgehead atoms. The van der Waals surface area contributed by atoms with Gasteiger partial charge in [0.2, 0.25) is 5.91 Å². The molecule has 1 fully saturated rings. The van der Waals surface area contributed by atoms with Gasteiger partial charge in [-0.1, -0.05) is 55.5 Å². The Morgan fingerprint density at radius 2 is 1.56 bits per heavy atom. The molecule has 9 heteroatoms. The standard InChI is InChI=1S/C21H18NO5P.C9H11FO/c23-18-10-6-15(7-11-18)20-13-21(24)22(20)17-8-4-14(5-9-17)16-2-1-3-19(12-16)28(25,26)27;1-2-9(11)7-3-5-8(10)6-4-7/h1-12,20,23H,13H2,(H2,25,26,27);3-6,9,11H,2H2,1H3. The summed E-state index contributed by atoms with van der Waals surface area (Å²) in [4.78, 5) is 32.6. The number of halogens is 1. The number of nitrogens with zero attached hydrogens (tertiary/aromatic N) is 1. The average Bonchev–Trinajstić information content (AvgIpc) is 2.93. The minimum absolute atomic E-state index is 0.0225. The predicted octanol–water partition coefficient (Wildman–Crippen LogP) is 5.61. The van der Waals surface area contributed by atoms with Gasteiger partial charge in [0, 0.05) is 5.69 Å². The molecule has 1 heterocycles. The number of aliphatic hydroxyl groups excluding tert-OH is 1. The maximum Gasteiger partial charge on any atom is 0.356 e. The summed E-state index contributed by atoms with van der Waals surface area (Å²) in [5.41, 5.74) is 3.97. The molecule has 39 heavy (non-hydrogen) atoms. The van der Waals surface area contributed by atoms with Crippen LogP contribution in [0.25, 0.3) is 11.1 Å². The zero-order valence-corrected chi connectivity index (χ0v) is 22.1. The third-order valence-corrected chi connectivity index (χ3v) is 7.48. The minimum Gasteiger partial charge on any atom is -0.508 e. The zero-order valence-electron chi connectivity index (χ0n) is 21.2. The van der Waals surface area contributed by atoms with Crippen LogP contribution in [0.5, 0.6) is 5.75 Å². The molecule has 1 aliphatic heterocycles. The highest BCUT2D eigenvalue weighted by molar-refractivity contribution is 7.60. The summed E-state index contributed by atoms with van der Waals surface area (Å²) in [5.74, 6) is -0.0609. The number of aliphatic hydroxyl groups is 1. The molecule has 4 N–H and O–H groups in total. The van der Waals surface area contributed by atoms with Gasteiger partial charge in [-0.3, -0.25) is 9.36 Å². The molecule has 0 aliphatic carbocycles. The highest BCUT2D eigenvalue weighted by atomic mass is 31.2. The monoisotopic (exact) mass is 549 g/mol. The van der Waals surface area contributed by atoms with Gasteiger partial charge in [-0.2, -0.15) is 0 Å². The molecule has 202 valence electrons. The van der Waals surface area contributed by atoms with Crippen LogP contribution in [0.4, 0.5) is 10.1 Å². The highest BCUT2D eigenvalue weighted by Gasteiger charge is 2.38. The Balaban J connectivity index is 0.000000270. The van der Waals surface area contributed by atoms with Crippen LogP contribution >= 0.6 is 7.60 Å². The van der Waals surface area contributed by atoms with E-state index < -0.39 is 13.7 Å². The maximum absolute atomic E-state index is 12.4. The van der Waals surface area contributed by atoms with E-state index in [1.807, 2.05) is 31.2 Å². The maximum atomic E-state index is 12.4. The van der Waals surface area contributed by atoms with Crippen molar-refractivity contribution >= 4 is 24.5 Å². The molecule has 1 amide bonds. The van der Waals surface area contributed by atoms with Crippen LogP contribution in [-0.4, -0.2) is 25.9 Å². The lowest BCUT2D eigenvalue weighted by molar-refractivity contribution is -0.124. The normalized spacial score (nSPS) is 15.7. The number of aromatic hydroxyl groups is 1. The highest BCUT2D eigenvalue weighted by Crippen LogP contribution is 2.40. The fourth-order valence-electron chi connectivity index (χ4n) is 4.31. The average molecular weight is 550 g/mol. The van der Waals surface area contributed by atoms with Crippen LogP contribution in [0.3, 0.4) is 0 Å². The number of anilines is 1. The Bertz CT molecular complexity index is 1470. The SMILES string of the molecule is CCC(O)c1ccc(F)cc1.O=C1CC(c2ccc(O)cc2)N1c1ccc(-c2cccc(P(=O)(O)O)c2)cc1. The lowest BCUT2D eigenvalue weighted by Gasteiger charge is -2.40. The van der Waals surface area contributed by atoms with Crippen molar-refractivity contribution in [2.45, 2.75) is 31.9 Å². The van der Waals surface area contributed by atoms with Crippen molar-refractivity contribution in [2.24, 2.45) is 0 Å². The summed E-state index contributed by atoms with van der Waals surface area (Å²) in [7, 11) is -4.31. The third kappa shape index (κ3) is 6.80. The molecule has 0 aromatic heterocycles.